The molecule has 1 aromatic heterocycles. The lowest BCUT2D eigenvalue weighted by Crippen LogP contribution is -2.18. The average Bonchev–Trinajstić information content (AvgIpc) is 2.79. The Hall–Kier alpha value is -4.16. The normalized spacial score (nSPS) is 14.8. The Morgan fingerprint density at radius 3 is 2.70 bits per heavy atom. The molecule has 1 heterocycles. The fourth-order valence-corrected chi connectivity index (χ4v) is 3.86. The SMILES string of the molecule is N#Cc1ccc2c(c1)CCCC2Nc1ccc(N)c(C(=N)c2ccc(C#N)nc2)c1. The fourth-order valence-electron chi connectivity index (χ4n) is 3.86. The number of hydrogen-bond acceptors (Lipinski definition) is 6. The molecule has 1 unspecified atom stereocenters. The van der Waals surface area contributed by atoms with Gasteiger partial charge in [0.15, 0.2) is 0 Å². The van der Waals surface area contributed by atoms with Gasteiger partial charge < -0.3 is 11.1 Å². The van der Waals surface area contributed by atoms with E-state index in [1.807, 2.05) is 36.4 Å². The Balaban J connectivity index is 1.61. The Morgan fingerprint density at radius 1 is 1.10 bits per heavy atom. The summed E-state index contributed by atoms with van der Waals surface area (Å²) in [6.07, 6.45) is 4.54. The number of nitrogens with zero attached hydrogens (tertiary/aromatic N) is 3. The molecular weight excluding hydrogens is 372 g/mol. The fraction of sp³-hybridized carbons (Fsp3) is 0.167. The van der Waals surface area contributed by atoms with Crippen LogP contribution >= 0.6 is 0 Å². The molecule has 0 amide bonds. The van der Waals surface area contributed by atoms with Crippen LogP contribution in [-0.4, -0.2) is 10.7 Å². The van der Waals surface area contributed by atoms with Crippen LogP contribution in [0.15, 0.2) is 54.7 Å². The molecule has 0 bridgehead atoms. The van der Waals surface area contributed by atoms with Crippen molar-refractivity contribution in [2.75, 3.05) is 11.1 Å². The summed E-state index contributed by atoms with van der Waals surface area (Å²) >= 11 is 0. The van der Waals surface area contributed by atoms with Crippen LogP contribution in [0, 0.1) is 28.1 Å². The molecule has 2 aromatic carbocycles. The number of aryl methyl sites for hydroxylation is 1. The van der Waals surface area contributed by atoms with E-state index in [0.29, 0.717) is 28.1 Å². The number of hydrogen-bond donors (Lipinski definition) is 3. The van der Waals surface area contributed by atoms with Gasteiger partial charge in [-0.15, -0.1) is 0 Å². The maximum absolute atomic E-state index is 9.15. The minimum absolute atomic E-state index is 0.142. The predicted molar refractivity (Wildman–Crippen MR) is 116 cm³/mol. The van der Waals surface area contributed by atoms with E-state index in [0.717, 1.165) is 24.9 Å². The molecule has 0 radical (unpaired) electrons. The highest BCUT2D eigenvalue weighted by Gasteiger charge is 2.21. The maximum atomic E-state index is 9.15. The molecule has 3 aromatic rings. The van der Waals surface area contributed by atoms with Gasteiger partial charge in [-0.25, -0.2) is 4.98 Å². The molecule has 0 fully saturated rings. The van der Waals surface area contributed by atoms with Gasteiger partial charge in [0.25, 0.3) is 0 Å². The van der Waals surface area contributed by atoms with Crippen LogP contribution in [0.2, 0.25) is 0 Å². The molecule has 1 aliphatic carbocycles. The van der Waals surface area contributed by atoms with E-state index in [4.69, 9.17) is 21.7 Å². The van der Waals surface area contributed by atoms with Crippen LogP contribution in [0.3, 0.4) is 0 Å². The van der Waals surface area contributed by atoms with Gasteiger partial charge >= 0.3 is 0 Å². The summed E-state index contributed by atoms with van der Waals surface area (Å²) in [5, 5.41) is 30.2. The molecule has 6 nitrogen and oxygen atoms in total. The van der Waals surface area contributed by atoms with E-state index in [1.54, 1.807) is 18.2 Å². The van der Waals surface area contributed by atoms with Crippen molar-refractivity contribution >= 4 is 17.1 Å². The highest BCUT2D eigenvalue weighted by atomic mass is 14.9. The first-order valence-electron chi connectivity index (χ1n) is 9.73. The summed E-state index contributed by atoms with van der Waals surface area (Å²) in [7, 11) is 0. The van der Waals surface area contributed by atoms with E-state index in [-0.39, 0.29) is 11.8 Å². The Labute approximate surface area is 175 Å². The smallest absolute Gasteiger partial charge is 0.140 e. The summed E-state index contributed by atoms with van der Waals surface area (Å²) in [6, 6.07) is 19.1. The third-order valence-corrected chi connectivity index (χ3v) is 5.42. The van der Waals surface area contributed by atoms with Crippen molar-refractivity contribution in [1.82, 2.24) is 4.98 Å². The standard InChI is InChI=1S/C24H20N6/c25-12-15-4-8-20-16(10-15)2-1-3-23(20)30-18-7-9-22(27)21(11-18)24(28)17-5-6-19(13-26)29-14-17/h4-11,14,23,28,30H,1-3,27H2. The van der Waals surface area contributed by atoms with Gasteiger partial charge in [-0.2, -0.15) is 10.5 Å². The van der Waals surface area contributed by atoms with Crippen molar-refractivity contribution in [3.8, 4) is 12.1 Å². The number of aromatic nitrogens is 1. The number of nitrogens with one attached hydrogen (secondary N) is 2. The third-order valence-electron chi connectivity index (χ3n) is 5.42. The van der Waals surface area contributed by atoms with Gasteiger partial charge in [0, 0.05) is 28.7 Å². The third kappa shape index (κ3) is 3.72. The van der Waals surface area contributed by atoms with Crippen LogP contribution in [-0.2, 0) is 6.42 Å². The van der Waals surface area contributed by atoms with Crippen LogP contribution in [0.5, 0.6) is 0 Å². The van der Waals surface area contributed by atoms with E-state index in [2.05, 4.69) is 16.4 Å². The van der Waals surface area contributed by atoms with Crippen LogP contribution in [0.25, 0.3) is 0 Å². The van der Waals surface area contributed by atoms with Crippen LogP contribution < -0.4 is 11.1 Å². The first-order valence-corrected chi connectivity index (χ1v) is 9.73. The molecule has 4 rings (SSSR count). The number of fused-ring (bicyclic) bond motifs is 1. The summed E-state index contributed by atoms with van der Waals surface area (Å²) in [5.74, 6) is 0. The molecule has 0 aliphatic heterocycles. The van der Waals surface area contributed by atoms with E-state index in [9.17, 15) is 0 Å². The van der Waals surface area contributed by atoms with E-state index in [1.165, 1.54) is 17.3 Å². The van der Waals surface area contributed by atoms with Gasteiger partial charge in [-0.3, -0.25) is 5.41 Å². The summed E-state index contributed by atoms with van der Waals surface area (Å²) in [4.78, 5) is 4.05. The molecule has 0 saturated carbocycles. The Morgan fingerprint density at radius 2 is 1.97 bits per heavy atom. The maximum Gasteiger partial charge on any atom is 0.140 e. The van der Waals surface area contributed by atoms with Gasteiger partial charge in [0.1, 0.15) is 11.8 Å². The molecule has 4 N–H and O–H groups in total. The number of benzene rings is 2. The quantitative estimate of drug-likeness (QED) is 0.451. The average molecular weight is 392 g/mol. The predicted octanol–water partition coefficient (Wildman–Crippen LogP) is 4.31. The second-order valence-electron chi connectivity index (χ2n) is 7.34. The topological polar surface area (TPSA) is 122 Å². The number of nitrogens with two attached hydrogens (primary N) is 1. The number of nitriles is 2. The van der Waals surface area contributed by atoms with Crippen molar-refractivity contribution in [2.45, 2.75) is 25.3 Å². The van der Waals surface area contributed by atoms with Crippen molar-refractivity contribution < 1.29 is 0 Å². The Kier molecular flexibility index (Phi) is 5.15. The van der Waals surface area contributed by atoms with Crippen LogP contribution in [0.4, 0.5) is 11.4 Å². The molecule has 1 aliphatic rings. The molecule has 30 heavy (non-hydrogen) atoms. The lowest BCUT2D eigenvalue weighted by Gasteiger charge is -2.27. The van der Waals surface area contributed by atoms with Crippen molar-refractivity contribution in [2.24, 2.45) is 0 Å². The Bertz CT molecular complexity index is 1200. The molecular formula is C24H20N6. The molecule has 0 saturated heterocycles. The zero-order valence-corrected chi connectivity index (χ0v) is 16.3. The summed E-state index contributed by atoms with van der Waals surface area (Å²) < 4.78 is 0. The minimum atomic E-state index is 0.142. The van der Waals surface area contributed by atoms with E-state index >= 15 is 0 Å². The van der Waals surface area contributed by atoms with Gasteiger partial charge in [-0.05, 0) is 72.9 Å². The number of anilines is 2. The highest BCUT2D eigenvalue weighted by Crippen LogP contribution is 2.34. The van der Waals surface area contributed by atoms with Gasteiger partial charge in [0.05, 0.1) is 23.4 Å². The number of nitrogen functional groups attached to an aromatic ring is 1. The lowest BCUT2D eigenvalue weighted by atomic mass is 9.86. The second-order valence-corrected chi connectivity index (χ2v) is 7.34. The van der Waals surface area contributed by atoms with Gasteiger partial charge in [0.2, 0.25) is 0 Å². The summed E-state index contributed by atoms with van der Waals surface area (Å²) in [6.45, 7) is 0. The summed E-state index contributed by atoms with van der Waals surface area (Å²) in [5.41, 5.74) is 12.4. The monoisotopic (exact) mass is 392 g/mol. The zero-order chi connectivity index (χ0) is 21.1. The van der Waals surface area contributed by atoms with Gasteiger partial charge in [-0.1, -0.05) is 6.07 Å². The molecule has 6 heteroatoms. The molecule has 0 spiro atoms. The second kappa shape index (κ2) is 8.06. The highest BCUT2D eigenvalue weighted by molar-refractivity contribution is 6.14. The molecule has 1 atom stereocenters. The van der Waals surface area contributed by atoms with E-state index < -0.39 is 0 Å². The van der Waals surface area contributed by atoms with Crippen molar-refractivity contribution in [3.63, 3.8) is 0 Å². The largest absolute Gasteiger partial charge is 0.398 e. The van der Waals surface area contributed by atoms with Crippen molar-refractivity contribution in [1.29, 1.82) is 15.9 Å². The first-order chi connectivity index (χ1) is 14.6. The minimum Gasteiger partial charge on any atom is -0.398 e. The van der Waals surface area contributed by atoms with Crippen LogP contribution in [0.1, 0.15) is 52.4 Å². The number of pyridine rings is 1. The number of rotatable bonds is 4. The first kappa shape index (κ1) is 19.2. The lowest BCUT2D eigenvalue weighted by molar-refractivity contribution is 0.600. The molecule has 146 valence electrons. The van der Waals surface area contributed by atoms with Crippen molar-refractivity contribution in [3.05, 3.63) is 88.2 Å². The zero-order valence-electron chi connectivity index (χ0n) is 16.3.